The molecule has 0 aliphatic heterocycles. The Kier molecular flexibility index (Phi) is 11.8. The fraction of sp³-hybridized carbons (Fsp3) is 0.533. The molecule has 0 aliphatic rings. The summed E-state index contributed by atoms with van der Waals surface area (Å²) in [6, 6.07) is 5.12. The summed E-state index contributed by atoms with van der Waals surface area (Å²) in [7, 11) is 0. The van der Waals surface area contributed by atoms with E-state index in [4.69, 9.17) is 0 Å². The Bertz CT molecular complexity index is 441. The molecular weight excluding hydrogens is 400 g/mol. The number of benzene rings is 1. The lowest BCUT2D eigenvalue weighted by atomic mass is 10.1. The third kappa shape index (κ3) is 8.50. The van der Waals surface area contributed by atoms with Crippen LogP contribution in [-0.2, 0) is 6.54 Å². The quantitative estimate of drug-likeness (QED) is 0.304. The summed E-state index contributed by atoms with van der Waals surface area (Å²) in [4.78, 5) is 4.52. The molecule has 0 saturated heterocycles. The minimum Gasteiger partial charge on any atom is -0.357 e. The maximum Gasteiger partial charge on any atom is 0.191 e. The first-order chi connectivity index (χ1) is 9.67. The van der Waals surface area contributed by atoms with E-state index in [1.54, 1.807) is 13.0 Å². The topological polar surface area (TPSA) is 36.4 Å². The molecule has 0 saturated carbocycles. The van der Waals surface area contributed by atoms with E-state index < -0.39 is 0 Å². The minimum absolute atomic E-state index is 0. The molecule has 21 heavy (non-hydrogen) atoms. The maximum atomic E-state index is 13.2. The Balaban J connectivity index is 0.00000400. The van der Waals surface area contributed by atoms with Crippen LogP contribution in [-0.4, -0.2) is 31.1 Å². The lowest BCUT2D eigenvalue weighted by molar-refractivity contribution is 0.617. The van der Waals surface area contributed by atoms with Crippen LogP contribution in [0, 0.1) is 12.7 Å². The van der Waals surface area contributed by atoms with Crippen molar-refractivity contribution in [3.63, 3.8) is 0 Å². The van der Waals surface area contributed by atoms with Crippen LogP contribution in [0.2, 0.25) is 0 Å². The molecular formula is C15H25FIN3S. The third-order valence-electron chi connectivity index (χ3n) is 2.80. The number of rotatable bonds is 7. The molecule has 6 heteroatoms. The molecule has 120 valence electrons. The summed E-state index contributed by atoms with van der Waals surface area (Å²) < 4.78 is 13.2. The summed E-state index contributed by atoms with van der Waals surface area (Å²) >= 11 is 1.84. The lowest BCUT2D eigenvalue weighted by Crippen LogP contribution is -2.37. The molecule has 0 unspecified atom stereocenters. The molecule has 0 amide bonds. The maximum absolute atomic E-state index is 13.2. The van der Waals surface area contributed by atoms with Crippen molar-refractivity contribution in [2.75, 3.05) is 25.1 Å². The SMILES string of the molecule is CCNC(=NCc1ccc(F)c(C)c1)NCCCSC.I. The number of thioether (sulfide) groups is 1. The molecule has 1 aromatic carbocycles. The van der Waals surface area contributed by atoms with Gasteiger partial charge in [0.1, 0.15) is 5.82 Å². The van der Waals surface area contributed by atoms with Crippen LogP contribution in [0.4, 0.5) is 4.39 Å². The average Bonchev–Trinajstić information content (AvgIpc) is 2.44. The Labute approximate surface area is 148 Å². The van der Waals surface area contributed by atoms with Gasteiger partial charge in [0.25, 0.3) is 0 Å². The number of guanidine groups is 1. The van der Waals surface area contributed by atoms with Gasteiger partial charge in [-0.2, -0.15) is 11.8 Å². The van der Waals surface area contributed by atoms with Crippen LogP contribution in [0.1, 0.15) is 24.5 Å². The van der Waals surface area contributed by atoms with Gasteiger partial charge in [0.2, 0.25) is 0 Å². The molecule has 2 N–H and O–H groups in total. The van der Waals surface area contributed by atoms with Crippen molar-refractivity contribution in [2.45, 2.75) is 26.8 Å². The van der Waals surface area contributed by atoms with Gasteiger partial charge in [-0.3, -0.25) is 0 Å². The molecule has 1 rings (SSSR count). The van der Waals surface area contributed by atoms with E-state index in [1.807, 2.05) is 24.8 Å². The first-order valence-corrected chi connectivity index (χ1v) is 8.33. The van der Waals surface area contributed by atoms with Crippen LogP contribution in [0.5, 0.6) is 0 Å². The van der Waals surface area contributed by atoms with Crippen molar-refractivity contribution in [3.05, 3.63) is 35.1 Å². The van der Waals surface area contributed by atoms with Gasteiger partial charge in [0.15, 0.2) is 5.96 Å². The van der Waals surface area contributed by atoms with Crippen LogP contribution >= 0.6 is 35.7 Å². The Morgan fingerprint density at radius 2 is 2.10 bits per heavy atom. The molecule has 0 aliphatic carbocycles. The normalized spacial score (nSPS) is 11.0. The number of aryl methyl sites for hydroxylation is 1. The second-order valence-corrected chi connectivity index (χ2v) is 5.54. The predicted octanol–water partition coefficient (Wildman–Crippen LogP) is 3.56. The molecule has 0 spiro atoms. The van der Waals surface area contributed by atoms with E-state index in [2.05, 4.69) is 21.9 Å². The van der Waals surface area contributed by atoms with Crippen molar-refractivity contribution in [3.8, 4) is 0 Å². The molecule has 0 heterocycles. The fourth-order valence-electron chi connectivity index (χ4n) is 1.74. The molecule has 0 bridgehead atoms. The number of nitrogens with one attached hydrogen (secondary N) is 2. The predicted molar refractivity (Wildman–Crippen MR) is 102 cm³/mol. The highest BCUT2D eigenvalue weighted by Crippen LogP contribution is 2.09. The Morgan fingerprint density at radius 3 is 2.71 bits per heavy atom. The zero-order valence-electron chi connectivity index (χ0n) is 12.9. The Hall–Kier alpha value is -0.500. The first kappa shape index (κ1) is 20.5. The van der Waals surface area contributed by atoms with Crippen molar-refractivity contribution in [1.82, 2.24) is 10.6 Å². The number of halogens is 2. The molecule has 0 atom stereocenters. The second-order valence-electron chi connectivity index (χ2n) is 4.55. The first-order valence-electron chi connectivity index (χ1n) is 6.93. The monoisotopic (exact) mass is 425 g/mol. The van der Waals surface area contributed by atoms with Gasteiger partial charge in [-0.05, 0) is 49.5 Å². The number of hydrogen-bond donors (Lipinski definition) is 2. The van der Waals surface area contributed by atoms with Crippen molar-refractivity contribution < 1.29 is 4.39 Å². The number of hydrogen-bond acceptors (Lipinski definition) is 2. The summed E-state index contributed by atoms with van der Waals surface area (Å²) in [5, 5.41) is 6.52. The standard InChI is InChI=1S/C15H24FN3S.HI/c1-4-17-15(18-8-5-9-20-3)19-11-13-6-7-14(16)12(2)10-13;/h6-7,10H,4-5,8-9,11H2,1-3H3,(H2,17,18,19);1H. The highest BCUT2D eigenvalue weighted by atomic mass is 127. The third-order valence-corrected chi connectivity index (χ3v) is 3.50. The number of nitrogens with zero attached hydrogens (tertiary/aromatic N) is 1. The van der Waals surface area contributed by atoms with E-state index >= 15 is 0 Å². The summed E-state index contributed by atoms with van der Waals surface area (Å²) in [5.41, 5.74) is 1.68. The highest BCUT2D eigenvalue weighted by molar-refractivity contribution is 14.0. The highest BCUT2D eigenvalue weighted by Gasteiger charge is 2.00. The van der Waals surface area contributed by atoms with Gasteiger partial charge >= 0.3 is 0 Å². The van der Waals surface area contributed by atoms with E-state index in [0.717, 1.165) is 36.8 Å². The van der Waals surface area contributed by atoms with Gasteiger partial charge in [0.05, 0.1) is 6.54 Å². The van der Waals surface area contributed by atoms with Crippen molar-refractivity contribution in [1.29, 1.82) is 0 Å². The largest absolute Gasteiger partial charge is 0.357 e. The second kappa shape index (κ2) is 12.1. The van der Waals surface area contributed by atoms with Gasteiger partial charge in [0, 0.05) is 13.1 Å². The van der Waals surface area contributed by atoms with Gasteiger partial charge in [-0.15, -0.1) is 24.0 Å². The van der Waals surface area contributed by atoms with Crippen LogP contribution in [0.3, 0.4) is 0 Å². The molecule has 0 aromatic heterocycles. The van der Waals surface area contributed by atoms with Crippen LogP contribution in [0.25, 0.3) is 0 Å². The molecule has 0 fully saturated rings. The zero-order chi connectivity index (χ0) is 14.8. The van der Waals surface area contributed by atoms with Gasteiger partial charge < -0.3 is 10.6 Å². The molecule has 0 radical (unpaired) electrons. The molecule has 1 aromatic rings. The van der Waals surface area contributed by atoms with Gasteiger partial charge in [-0.1, -0.05) is 12.1 Å². The van der Waals surface area contributed by atoms with Crippen molar-refractivity contribution >= 4 is 41.7 Å². The van der Waals surface area contributed by atoms with Crippen LogP contribution < -0.4 is 10.6 Å². The van der Waals surface area contributed by atoms with Crippen LogP contribution in [0.15, 0.2) is 23.2 Å². The summed E-state index contributed by atoms with van der Waals surface area (Å²) in [5.74, 6) is 1.79. The van der Waals surface area contributed by atoms with Gasteiger partial charge in [-0.25, -0.2) is 9.38 Å². The summed E-state index contributed by atoms with van der Waals surface area (Å²) in [6.45, 7) is 6.11. The van der Waals surface area contributed by atoms with Crippen molar-refractivity contribution in [2.24, 2.45) is 4.99 Å². The van der Waals surface area contributed by atoms with E-state index in [-0.39, 0.29) is 29.8 Å². The fourth-order valence-corrected chi connectivity index (χ4v) is 2.17. The van der Waals surface area contributed by atoms with E-state index in [0.29, 0.717) is 12.1 Å². The average molecular weight is 425 g/mol. The van der Waals surface area contributed by atoms with E-state index in [1.165, 1.54) is 6.07 Å². The number of aliphatic imine (C=N–C) groups is 1. The Morgan fingerprint density at radius 1 is 1.33 bits per heavy atom. The lowest BCUT2D eigenvalue weighted by Gasteiger charge is -2.11. The molecule has 3 nitrogen and oxygen atoms in total. The smallest absolute Gasteiger partial charge is 0.191 e. The zero-order valence-corrected chi connectivity index (χ0v) is 16.1. The van der Waals surface area contributed by atoms with E-state index in [9.17, 15) is 4.39 Å². The summed E-state index contributed by atoms with van der Waals surface area (Å²) in [6.07, 6.45) is 3.22. The minimum atomic E-state index is -0.167.